The van der Waals surface area contributed by atoms with Gasteiger partial charge in [-0.05, 0) is 36.4 Å². The van der Waals surface area contributed by atoms with Crippen molar-refractivity contribution >= 4 is 40.4 Å². The van der Waals surface area contributed by atoms with Gasteiger partial charge in [-0.15, -0.1) is 0 Å². The highest BCUT2D eigenvalue weighted by atomic mass is 35.5. The highest BCUT2D eigenvalue weighted by molar-refractivity contribution is 6.30. The summed E-state index contributed by atoms with van der Waals surface area (Å²) in [5.41, 5.74) is 3.88. The zero-order valence-electron chi connectivity index (χ0n) is 17.0. The molecule has 0 amide bonds. The van der Waals surface area contributed by atoms with E-state index in [1.165, 1.54) is 10.6 Å². The number of fused-ring (bicyclic) bond motifs is 1. The minimum absolute atomic E-state index is 0.0727. The van der Waals surface area contributed by atoms with Gasteiger partial charge in [0.1, 0.15) is 5.82 Å². The van der Waals surface area contributed by atoms with Crippen molar-refractivity contribution in [3.8, 4) is 11.3 Å². The fraction of sp³-hybridized carbons (Fsp3) is 0.174. The van der Waals surface area contributed by atoms with Crippen molar-refractivity contribution in [1.29, 1.82) is 0 Å². The van der Waals surface area contributed by atoms with Crippen molar-refractivity contribution in [3.63, 3.8) is 0 Å². The largest absolute Gasteiger partial charge is 0.476 e. The molecule has 1 fully saturated rings. The van der Waals surface area contributed by atoms with E-state index in [1.807, 2.05) is 30.3 Å². The number of rotatable bonds is 5. The molecule has 4 aromatic rings. The van der Waals surface area contributed by atoms with Gasteiger partial charge in [0.15, 0.2) is 11.3 Å². The van der Waals surface area contributed by atoms with Crippen molar-refractivity contribution < 1.29 is 14.6 Å². The third-order valence-corrected chi connectivity index (χ3v) is 5.55. The number of ether oxygens (including phenoxy) is 1. The van der Waals surface area contributed by atoms with Crippen LogP contribution in [0.2, 0.25) is 5.02 Å². The molecule has 8 nitrogen and oxygen atoms in total. The van der Waals surface area contributed by atoms with Gasteiger partial charge in [-0.25, -0.2) is 9.78 Å². The molecule has 2 N–H and O–H groups in total. The lowest BCUT2D eigenvalue weighted by Gasteiger charge is -2.28. The van der Waals surface area contributed by atoms with Crippen molar-refractivity contribution in [2.24, 2.45) is 0 Å². The third-order valence-electron chi connectivity index (χ3n) is 5.30. The number of nitrogens with one attached hydrogen (secondary N) is 1. The fourth-order valence-corrected chi connectivity index (χ4v) is 3.79. The molecule has 1 saturated heterocycles. The number of benzene rings is 2. The van der Waals surface area contributed by atoms with E-state index in [9.17, 15) is 9.90 Å². The van der Waals surface area contributed by atoms with Gasteiger partial charge in [0.2, 0.25) is 0 Å². The number of morpholine rings is 1. The first-order chi connectivity index (χ1) is 15.6. The second kappa shape index (κ2) is 8.49. The molecule has 2 aromatic heterocycles. The minimum atomic E-state index is -1.11. The third kappa shape index (κ3) is 4.10. The van der Waals surface area contributed by atoms with Gasteiger partial charge in [-0.3, -0.25) is 0 Å². The lowest BCUT2D eigenvalue weighted by atomic mass is 10.1. The number of aromatic carboxylic acids is 1. The van der Waals surface area contributed by atoms with E-state index >= 15 is 0 Å². The van der Waals surface area contributed by atoms with E-state index in [1.54, 1.807) is 12.1 Å². The highest BCUT2D eigenvalue weighted by Crippen LogP contribution is 2.27. The van der Waals surface area contributed by atoms with Crippen LogP contribution in [0.1, 0.15) is 10.5 Å². The Morgan fingerprint density at radius 3 is 2.44 bits per heavy atom. The number of nitrogens with zero attached hydrogens (tertiary/aromatic N) is 4. The summed E-state index contributed by atoms with van der Waals surface area (Å²) in [5, 5.41) is 17.6. The van der Waals surface area contributed by atoms with Crippen LogP contribution < -0.4 is 10.2 Å². The van der Waals surface area contributed by atoms with Crippen LogP contribution in [-0.2, 0) is 4.74 Å². The summed E-state index contributed by atoms with van der Waals surface area (Å²) in [6, 6.07) is 18.7. The average Bonchev–Trinajstić information content (AvgIpc) is 3.26. The maximum Gasteiger partial charge on any atom is 0.356 e. The van der Waals surface area contributed by atoms with Crippen LogP contribution in [0.3, 0.4) is 0 Å². The number of carboxylic acid groups (broad SMARTS) is 1. The van der Waals surface area contributed by atoms with E-state index in [0.29, 0.717) is 22.2 Å². The molecule has 0 aliphatic carbocycles. The van der Waals surface area contributed by atoms with Crippen LogP contribution in [0.25, 0.3) is 16.9 Å². The predicted molar refractivity (Wildman–Crippen MR) is 123 cm³/mol. The Morgan fingerprint density at radius 1 is 1.03 bits per heavy atom. The number of anilines is 3. The average molecular weight is 450 g/mol. The molecule has 0 atom stereocenters. The first kappa shape index (κ1) is 20.3. The molecule has 0 saturated carbocycles. The van der Waals surface area contributed by atoms with E-state index < -0.39 is 5.97 Å². The molecule has 0 bridgehead atoms. The van der Waals surface area contributed by atoms with Crippen LogP contribution in [0.15, 0.2) is 60.7 Å². The zero-order chi connectivity index (χ0) is 22.1. The van der Waals surface area contributed by atoms with Crippen molar-refractivity contribution in [2.45, 2.75) is 0 Å². The van der Waals surface area contributed by atoms with Crippen LogP contribution in [0.4, 0.5) is 17.2 Å². The number of carbonyl (C=O) groups is 1. The second-order valence-electron chi connectivity index (χ2n) is 7.41. The highest BCUT2D eigenvalue weighted by Gasteiger charge is 2.15. The SMILES string of the molecule is O=C(O)c1cc2nc(-c3ccc(Cl)cc3)cc(Nc3ccc(N4CCOCC4)cc3)n2n1. The van der Waals surface area contributed by atoms with Crippen LogP contribution in [0, 0.1) is 0 Å². The number of carboxylic acids is 1. The lowest BCUT2D eigenvalue weighted by molar-refractivity contribution is 0.0690. The molecule has 162 valence electrons. The topological polar surface area (TPSA) is 92.0 Å². The quantitative estimate of drug-likeness (QED) is 0.468. The zero-order valence-corrected chi connectivity index (χ0v) is 17.8. The molecular formula is C23H20ClN5O3. The predicted octanol–water partition coefficient (Wildman–Crippen LogP) is 4.33. The molecule has 0 radical (unpaired) electrons. The van der Waals surface area contributed by atoms with Gasteiger partial charge in [0.25, 0.3) is 0 Å². The lowest BCUT2D eigenvalue weighted by Crippen LogP contribution is -2.36. The van der Waals surface area contributed by atoms with E-state index in [4.69, 9.17) is 16.3 Å². The summed E-state index contributed by atoms with van der Waals surface area (Å²) in [6.45, 7) is 3.20. The summed E-state index contributed by atoms with van der Waals surface area (Å²) in [4.78, 5) is 18.3. The Kier molecular flexibility index (Phi) is 5.38. The molecule has 32 heavy (non-hydrogen) atoms. The molecule has 0 unspecified atom stereocenters. The molecule has 1 aliphatic heterocycles. The number of aromatic nitrogens is 3. The van der Waals surface area contributed by atoms with Crippen LogP contribution >= 0.6 is 11.6 Å². The summed E-state index contributed by atoms with van der Waals surface area (Å²) < 4.78 is 6.92. The molecule has 2 aromatic carbocycles. The maximum absolute atomic E-state index is 11.5. The van der Waals surface area contributed by atoms with Gasteiger partial charge >= 0.3 is 5.97 Å². The Balaban J connectivity index is 1.51. The summed E-state index contributed by atoms with van der Waals surface area (Å²) in [5.74, 6) is -0.504. The van der Waals surface area contributed by atoms with Crippen molar-refractivity contribution in [3.05, 3.63) is 71.4 Å². The standard InChI is InChI=1S/C23H20ClN5O3/c24-16-3-1-15(2-4-16)19-13-21(29-22(26-19)14-20(27-29)23(30)31)25-17-5-7-18(8-6-17)28-9-11-32-12-10-28/h1-8,13-14,25H,9-12H2,(H,30,31). The Bertz CT molecular complexity index is 1270. The smallest absolute Gasteiger partial charge is 0.356 e. The van der Waals surface area contributed by atoms with Gasteiger partial charge in [-0.2, -0.15) is 9.61 Å². The molecule has 1 aliphatic rings. The molecule has 3 heterocycles. The van der Waals surface area contributed by atoms with E-state index in [0.717, 1.165) is 43.2 Å². The Morgan fingerprint density at radius 2 is 1.75 bits per heavy atom. The van der Waals surface area contributed by atoms with Gasteiger partial charge in [-0.1, -0.05) is 23.7 Å². The second-order valence-corrected chi connectivity index (χ2v) is 7.85. The molecule has 9 heteroatoms. The van der Waals surface area contributed by atoms with Crippen molar-refractivity contribution in [1.82, 2.24) is 14.6 Å². The molecule has 5 rings (SSSR count). The summed E-state index contributed by atoms with van der Waals surface area (Å²) >= 11 is 6.02. The Hall–Kier alpha value is -3.62. The minimum Gasteiger partial charge on any atom is -0.476 e. The number of hydrogen-bond donors (Lipinski definition) is 2. The van der Waals surface area contributed by atoms with Gasteiger partial charge < -0.3 is 20.1 Å². The number of halogens is 1. The van der Waals surface area contributed by atoms with Crippen LogP contribution in [-0.4, -0.2) is 52.0 Å². The number of hydrogen-bond acceptors (Lipinski definition) is 6. The monoisotopic (exact) mass is 449 g/mol. The van der Waals surface area contributed by atoms with Gasteiger partial charge in [0, 0.05) is 47.2 Å². The summed E-state index contributed by atoms with van der Waals surface area (Å²) in [6.07, 6.45) is 0. The fourth-order valence-electron chi connectivity index (χ4n) is 3.66. The Labute approximate surface area is 189 Å². The summed E-state index contributed by atoms with van der Waals surface area (Å²) in [7, 11) is 0. The molecule has 0 spiro atoms. The first-order valence-electron chi connectivity index (χ1n) is 10.2. The van der Waals surface area contributed by atoms with Gasteiger partial charge in [0.05, 0.1) is 18.9 Å². The van der Waals surface area contributed by atoms with Crippen molar-refractivity contribution in [2.75, 3.05) is 36.5 Å². The first-order valence-corrected chi connectivity index (χ1v) is 10.5. The maximum atomic E-state index is 11.5. The van der Waals surface area contributed by atoms with Crippen LogP contribution in [0.5, 0.6) is 0 Å². The van der Waals surface area contributed by atoms with E-state index in [2.05, 4.69) is 32.4 Å². The normalized spacial score (nSPS) is 14.0. The van der Waals surface area contributed by atoms with E-state index in [-0.39, 0.29) is 5.69 Å². The molecular weight excluding hydrogens is 430 g/mol.